The summed E-state index contributed by atoms with van der Waals surface area (Å²) in [5, 5.41) is 11.8. The minimum absolute atomic E-state index is 0.0645. The quantitative estimate of drug-likeness (QED) is 0.854. The lowest BCUT2D eigenvalue weighted by Gasteiger charge is -2.12. The number of benzene rings is 2. The molecule has 0 amide bonds. The van der Waals surface area contributed by atoms with Crippen LogP contribution in [0.15, 0.2) is 48.5 Å². The summed E-state index contributed by atoms with van der Waals surface area (Å²) in [5.74, 6) is -0.931. The summed E-state index contributed by atoms with van der Waals surface area (Å²) < 4.78 is 29.0. The monoisotopic (exact) mass is 293 g/mol. The second kappa shape index (κ2) is 6.69. The molecular formula is C15H13F2NO3. The van der Waals surface area contributed by atoms with Gasteiger partial charge in [0.15, 0.2) is 0 Å². The van der Waals surface area contributed by atoms with Crippen LogP contribution in [0.1, 0.15) is 15.9 Å². The number of ether oxygens (including phenoxy) is 1. The van der Waals surface area contributed by atoms with Crippen molar-refractivity contribution < 1.29 is 23.4 Å². The maximum atomic E-state index is 12.3. The molecule has 2 aromatic carbocycles. The van der Waals surface area contributed by atoms with Crippen LogP contribution < -0.4 is 10.1 Å². The van der Waals surface area contributed by atoms with E-state index in [9.17, 15) is 13.6 Å². The molecule has 0 aromatic heterocycles. The van der Waals surface area contributed by atoms with Gasteiger partial charge in [0.1, 0.15) is 5.75 Å². The Labute approximate surface area is 120 Å². The maximum Gasteiger partial charge on any atom is 0.387 e. The lowest BCUT2D eigenvalue weighted by molar-refractivity contribution is -0.0493. The van der Waals surface area contributed by atoms with E-state index < -0.39 is 12.6 Å². The molecule has 0 aliphatic carbocycles. The van der Waals surface area contributed by atoms with Gasteiger partial charge in [0.25, 0.3) is 0 Å². The SMILES string of the molecule is O=C(O)c1ccc(CNc2ccccc2OC(F)F)cc1. The van der Waals surface area contributed by atoms with Crippen LogP contribution in [-0.4, -0.2) is 17.7 Å². The standard InChI is InChI=1S/C15H13F2NO3/c16-15(17)21-13-4-2-1-3-12(13)18-9-10-5-7-11(8-6-10)14(19)20/h1-8,15,18H,9H2,(H,19,20). The van der Waals surface area contributed by atoms with E-state index in [2.05, 4.69) is 10.1 Å². The van der Waals surface area contributed by atoms with Crippen LogP contribution in [0.4, 0.5) is 14.5 Å². The summed E-state index contributed by atoms with van der Waals surface area (Å²) >= 11 is 0. The average Bonchev–Trinajstić information content (AvgIpc) is 2.46. The third kappa shape index (κ3) is 4.17. The first kappa shape index (κ1) is 14.8. The van der Waals surface area contributed by atoms with Crippen molar-refractivity contribution in [2.24, 2.45) is 0 Å². The number of carbonyl (C=O) groups is 1. The molecule has 0 saturated heterocycles. The molecule has 2 rings (SSSR count). The van der Waals surface area contributed by atoms with Gasteiger partial charge >= 0.3 is 12.6 Å². The molecule has 0 saturated carbocycles. The molecule has 0 bridgehead atoms. The van der Waals surface area contributed by atoms with Gasteiger partial charge in [0.2, 0.25) is 0 Å². The molecule has 0 radical (unpaired) electrons. The Balaban J connectivity index is 2.04. The molecule has 0 heterocycles. The van der Waals surface area contributed by atoms with Crippen molar-refractivity contribution in [3.8, 4) is 5.75 Å². The van der Waals surface area contributed by atoms with E-state index in [4.69, 9.17) is 5.11 Å². The van der Waals surface area contributed by atoms with Crippen molar-refractivity contribution in [3.63, 3.8) is 0 Å². The zero-order valence-electron chi connectivity index (χ0n) is 10.9. The van der Waals surface area contributed by atoms with E-state index in [1.165, 1.54) is 18.2 Å². The van der Waals surface area contributed by atoms with Gasteiger partial charge in [-0.2, -0.15) is 8.78 Å². The Morgan fingerprint density at radius 3 is 2.43 bits per heavy atom. The van der Waals surface area contributed by atoms with Gasteiger partial charge in [0.05, 0.1) is 11.3 Å². The van der Waals surface area contributed by atoms with Crippen LogP contribution in [0.25, 0.3) is 0 Å². The number of carboxylic acid groups (broad SMARTS) is 1. The van der Waals surface area contributed by atoms with Crippen LogP contribution in [-0.2, 0) is 6.54 Å². The predicted octanol–water partition coefficient (Wildman–Crippen LogP) is 3.60. The van der Waals surface area contributed by atoms with Crippen LogP contribution >= 0.6 is 0 Å². The van der Waals surface area contributed by atoms with E-state index in [-0.39, 0.29) is 11.3 Å². The summed E-state index contributed by atoms with van der Waals surface area (Å²) in [5.41, 5.74) is 1.46. The van der Waals surface area contributed by atoms with Crippen molar-refractivity contribution in [1.82, 2.24) is 0 Å². The van der Waals surface area contributed by atoms with Gasteiger partial charge in [-0.15, -0.1) is 0 Å². The minimum Gasteiger partial charge on any atom is -0.478 e. The molecule has 0 aliphatic heterocycles. The summed E-state index contributed by atoms with van der Waals surface area (Å²) in [6.45, 7) is -2.52. The fourth-order valence-corrected chi connectivity index (χ4v) is 1.77. The Morgan fingerprint density at radius 1 is 1.14 bits per heavy atom. The minimum atomic E-state index is -2.89. The molecule has 2 aromatic rings. The number of rotatable bonds is 6. The number of hydrogen-bond donors (Lipinski definition) is 2. The van der Waals surface area contributed by atoms with Gasteiger partial charge < -0.3 is 15.2 Å². The Hall–Kier alpha value is -2.63. The molecular weight excluding hydrogens is 280 g/mol. The van der Waals surface area contributed by atoms with Gasteiger partial charge in [-0.05, 0) is 29.8 Å². The molecule has 21 heavy (non-hydrogen) atoms. The number of hydrogen-bond acceptors (Lipinski definition) is 3. The van der Waals surface area contributed by atoms with Gasteiger partial charge in [0, 0.05) is 6.54 Å². The van der Waals surface area contributed by atoms with Crippen molar-refractivity contribution in [2.75, 3.05) is 5.32 Å². The Bertz CT molecular complexity index is 615. The number of halogens is 2. The molecule has 0 atom stereocenters. The van der Waals surface area contributed by atoms with E-state index in [0.717, 1.165) is 5.56 Å². The summed E-state index contributed by atoms with van der Waals surface area (Å²) in [6.07, 6.45) is 0. The van der Waals surface area contributed by atoms with Crippen molar-refractivity contribution >= 4 is 11.7 Å². The van der Waals surface area contributed by atoms with Crippen LogP contribution in [0.2, 0.25) is 0 Å². The van der Waals surface area contributed by atoms with Crippen LogP contribution in [0.5, 0.6) is 5.75 Å². The molecule has 4 nitrogen and oxygen atoms in total. The third-order valence-corrected chi connectivity index (χ3v) is 2.79. The van der Waals surface area contributed by atoms with Crippen LogP contribution in [0, 0.1) is 0 Å². The zero-order valence-corrected chi connectivity index (χ0v) is 10.9. The second-order valence-electron chi connectivity index (χ2n) is 4.23. The predicted molar refractivity (Wildman–Crippen MR) is 73.8 cm³/mol. The maximum absolute atomic E-state index is 12.3. The normalized spacial score (nSPS) is 10.4. The highest BCUT2D eigenvalue weighted by Crippen LogP contribution is 2.25. The van der Waals surface area contributed by atoms with Gasteiger partial charge in [-0.3, -0.25) is 0 Å². The summed E-state index contributed by atoms with van der Waals surface area (Å²) in [6, 6.07) is 12.7. The number of anilines is 1. The van der Waals surface area contributed by atoms with Crippen molar-refractivity contribution in [1.29, 1.82) is 0 Å². The molecule has 0 unspecified atom stereocenters. The summed E-state index contributed by atoms with van der Waals surface area (Å²) in [7, 11) is 0. The fourth-order valence-electron chi connectivity index (χ4n) is 1.77. The number of nitrogens with one attached hydrogen (secondary N) is 1. The van der Waals surface area contributed by atoms with Gasteiger partial charge in [-0.1, -0.05) is 24.3 Å². The first-order valence-corrected chi connectivity index (χ1v) is 6.16. The Morgan fingerprint density at radius 2 is 1.81 bits per heavy atom. The van der Waals surface area contributed by atoms with E-state index in [1.54, 1.807) is 30.3 Å². The fraction of sp³-hybridized carbons (Fsp3) is 0.133. The number of para-hydroxylation sites is 2. The number of aromatic carboxylic acids is 1. The number of carboxylic acids is 1. The molecule has 0 spiro atoms. The topological polar surface area (TPSA) is 58.6 Å². The molecule has 110 valence electrons. The smallest absolute Gasteiger partial charge is 0.387 e. The van der Waals surface area contributed by atoms with Crippen molar-refractivity contribution in [3.05, 3.63) is 59.7 Å². The Kier molecular flexibility index (Phi) is 4.71. The highest BCUT2D eigenvalue weighted by Gasteiger charge is 2.09. The highest BCUT2D eigenvalue weighted by atomic mass is 19.3. The van der Waals surface area contributed by atoms with E-state index in [1.807, 2.05) is 0 Å². The second-order valence-corrected chi connectivity index (χ2v) is 4.23. The van der Waals surface area contributed by atoms with Crippen LogP contribution in [0.3, 0.4) is 0 Å². The van der Waals surface area contributed by atoms with Gasteiger partial charge in [-0.25, -0.2) is 4.79 Å². The first-order chi connectivity index (χ1) is 10.1. The molecule has 6 heteroatoms. The third-order valence-electron chi connectivity index (χ3n) is 2.79. The van der Waals surface area contributed by atoms with E-state index in [0.29, 0.717) is 12.2 Å². The zero-order chi connectivity index (χ0) is 15.2. The van der Waals surface area contributed by atoms with E-state index >= 15 is 0 Å². The molecule has 0 fully saturated rings. The molecule has 2 N–H and O–H groups in total. The lowest BCUT2D eigenvalue weighted by Crippen LogP contribution is -2.06. The largest absolute Gasteiger partial charge is 0.478 e. The first-order valence-electron chi connectivity index (χ1n) is 6.16. The molecule has 0 aliphatic rings. The summed E-state index contributed by atoms with van der Waals surface area (Å²) in [4.78, 5) is 10.7. The average molecular weight is 293 g/mol. The number of alkyl halides is 2. The van der Waals surface area contributed by atoms with Crippen molar-refractivity contribution in [2.45, 2.75) is 13.2 Å². The highest BCUT2D eigenvalue weighted by molar-refractivity contribution is 5.87. The lowest BCUT2D eigenvalue weighted by atomic mass is 10.1.